The quantitative estimate of drug-likeness (QED) is 0.767. The molecule has 0 bridgehead atoms. The summed E-state index contributed by atoms with van der Waals surface area (Å²) < 4.78 is 5.06. The number of methoxy groups -OCH3 is 1. The number of amides is 1. The lowest BCUT2D eigenvalue weighted by Gasteiger charge is -2.36. The van der Waals surface area contributed by atoms with E-state index in [0.29, 0.717) is 23.0 Å². The van der Waals surface area contributed by atoms with Crippen molar-refractivity contribution in [2.75, 3.05) is 18.6 Å². The second kappa shape index (κ2) is 3.72. The molecule has 1 unspecified atom stereocenters. The van der Waals surface area contributed by atoms with Gasteiger partial charge in [0.1, 0.15) is 11.8 Å². The number of carbonyl (C=O) groups is 1. The fourth-order valence-electron chi connectivity index (χ4n) is 1.50. The van der Waals surface area contributed by atoms with Crippen LogP contribution in [0.15, 0.2) is 18.2 Å². The Hall–Kier alpha value is -1.26. The number of β-lactam (4-membered cyclic amide) rings is 1. The Labute approximate surface area is 92.6 Å². The Balaban J connectivity index is 2.31. The van der Waals surface area contributed by atoms with Gasteiger partial charge >= 0.3 is 0 Å². The van der Waals surface area contributed by atoms with Crippen LogP contribution in [-0.4, -0.2) is 25.6 Å². The number of hydrogen-bond donors (Lipinski definition) is 1. The van der Waals surface area contributed by atoms with E-state index in [2.05, 4.69) is 0 Å². The summed E-state index contributed by atoms with van der Waals surface area (Å²) in [5, 5.41) is 0.524. The first kappa shape index (κ1) is 10.3. The van der Waals surface area contributed by atoms with Crippen molar-refractivity contribution < 1.29 is 9.53 Å². The van der Waals surface area contributed by atoms with Gasteiger partial charge in [-0.2, -0.15) is 0 Å². The van der Waals surface area contributed by atoms with Crippen molar-refractivity contribution in [3.63, 3.8) is 0 Å². The molecule has 1 aromatic rings. The molecule has 4 nitrogen and oxygen atoms in total. The summed E-state index contributed by atoms with van der Waals surface area (Å²) >= 11 is 5.98. The van der Waals surface area contributed by atoms with E-state index in [9.17, 15) is 4.79 Å². The second-order valence-corrected chi connectivity index (χ2v) is 3.78. The van der Waals surface area contributed by atoms with Gasteiger partial charge in [-0.25, -0.2) is 0 Å². The molecule has 1 aliphatic heterocycles. The summed E-state index contributed by atoms with van der Waals surface area (Å²) in [6, 6.07) is 4.78. The fourth-order valence-corrected chi connectivity index (χ4v) is 1.72. The van der Waals surface area contributed by atoms with Crippen LogP contribution in [0.5, 0.6) is 5.75 Å². The van der Waals surface area contributed by atoms with Gasteiger partial charge in [-0.15, -0.1) is 0 Å². The minimum absolute atomic E-state index is 0.106. The molecule has 5 heteroatoms. The van der Waals surface area contributed by atoms with Gasteiger partial charge in [-0.05, 0) is 12.1 Å². The van der Waals surface area contributed by atoms with Gasteiger partial charge in [0.15, 0.2) is 0 Å². The van der Waals surface area contributed by atoms with E-state index in [1.165, 1.54) is 0 Å². The molecular weight excluding hydrogens is 216 g/mol. The Morgan fingerprint density at radius 1 is 1.60 bits per heavy atom. The standard InChI is InChI=1S/C10H11ClN2O2/c1-15-6-2-3-7(11)9(4-6)13-5-8(12)10(13)14/h2-4,8H,5,12H2,1H3. The van der Waals surface area contributed by atoms with E-state index in [1.54, 1.807) is 30.2 Å². The molecule has 1 aliphatic rings. The van der Waals surface area contributed by atoms with E-state index in [4.69, 9.17) is 22.1 Å². The van der Waals surface area contributed by atoms with Gasteiger partial charge in [0.05, 0.1) is 24.4 Å². The monoisotopic (exact) mass is 226 g/mol. The molecular formula is C10H11ClN2O2. The molecule has 1 amide bonds. The van der Waals surface area contributed by atoms with Gasteiger partial charge in [0, 0.05) is 6.07 Å². The molecule has 0 radical (unpaired) electrons. The first-order valence-corrected chi connectivity index (χ1v) is 4.92. The van der Waals surface area contributed by atoms with Crippen LogP contribution in [0.4, 0.5) is 5.69 Å². The number of anilines is 1. The number of nitrogens with two attached hydrogens (primary N) is 1. The van der Waals surface area contributed by atoms with Crippen LogP contribution < -0.4 is 15.4 Å². The molecule has 0 spiro atoms. The number of nitrogens with zero attached hydrogens (tertiary/aromatic N) is 1. The van der Waals surface area contributed by atoms with Crippen molar-refractivity contribution in [2.24, 2.45) is 5.73 Å². The maximum absolute atomic E-state index is 11.4. The Kier molecular flexibility index (Phi) is 2.54. The highest BCUT2D eigenvalue weighted by molar-refractivity contribution is 6.34. The number of halogens is 1. The summed E-state index contributed by atoms with van der Waals surface area (Å²) in [7, 11) is 1.57. The van der Waals surface area contributed by atoms with Crippen molar-refractivity contribution in [3.05, 3.63) is 23.2 Å². The highest BCUT2D eigenvalue weighted by Crippen LogP contribution is 2.32. The molecule has 0 aromatic heterocycles. The molecule has 1 atom stereocenters. The third kappa shape index (κ3) is 1.66. The predicted molar refractivity (Wildman–Crippen MR) is 58.3 cm³/mol. The smallest absolute Gasteiger partial charge is 0.245 e. The zero-order chi connectivity index (χ0) is 11.0. The third-order valence-electron chi connectivity index (χ3n) is 2.41. The minimum atomic E-state index is -0.396. The molecule has 1 fully saturated rings. The number of ether oxygens (including phenoxy) is 1. The maximum Gasteiger partial charge on any atom is 0.245 e. The average Bonchev–Trinajstić information content (AvgIpc) is 2.26. The van der Waals surface area contributed by atoms with E-state index in [-0.39, 0.29) is 5.91 Å². The van der Waals surface area contributed by atoms with Crippen molar-refractivity contribution in [1.82, 2.24) is 0 Å². The Morgan fingerprint density at radius 2 is 2.33 bits per heavy atom. The summed E-state index contributed by atoms with van der Waals surface area (Å²) in [5.41, 5.74) is 6.16. The third-order valence-corrected chi connectivity index (χ3v) is 2.73. The summed E-state index contributed by atoms with van der Waals surface area (Å²) in [4.78, 5) is 13.0. The van der Waals surface area contributed by atoms with Crippen LogP contribution in [0, 0.1) is 0 Å². The summed E-state index contributed by atoms with van der Waals surface area (Å²) in [5.74, 6) is 0.563. The normalized spacial score (nSPS) is 20.1. The Morgan fingerprint density at radius 3 is 2.87 bits per heavy atom. The van der Waals surface area contributed by atoms with Gasteiger partial charge in [0.25, 0.3) is 0 Å². The lowest BCUT2D eigenvalue weighted by atomic mass is 10.1. The van der Waals surface area contributed by atoms with Gasteiger partial charge < -0.3 is 15.4 Å². The highest BCUT2D eigenvalue weighted by Gasteiger charge is 2.35. The summed E-state index contributed by atoms with van der Waals surface area (Å²) in [6.07, 6.45) is 0. The zero-order valence-electron chi connectivity index (χ0n) is 8.24. The molecule has 0 aliphatic carbocycles. The largest absolute Gasteiger partial charge is 0.497 e. The van der Waals surface area contributed by atoms with Crippen molar-refractivity contribution in [2.45, 2.75) is 6.04 Å². The van der Waals surface area contributed by atoms with Crippen molar-refractivity contribution >= 4 is 23.2 Å². The van der Waals surface area contributed by atoms with E-state index in [0.717, 1.165) is 0 Å². The SMILES string of the molecule is COc1ccc(Cl)c(N2CC(N)C2=O)c1. The molecule has 80 valence electrons. The lowest BCUT2D eigenvalue weighted by molar-refractivity contribution is -0.123. The Bertz CT molecular complexity index is 408. The first-order chi connectivity index (χ1) is 7.13. The first-order valence-electron chi connectivity index (χ1n) is 4.54. The van der Waals surface area contributed by atoms with E-state index in [1.807, 2.05) is 0 Å². The van der Waals surface area contributed by atoms with Crippen LogP contribution in [0.2, 0.25) is 5.02 Å². The average molecular weight is 227 g/mol. The molecule has 2 N–H and O–H groups in total. The second-order valence-electron chi connectivity index (χ2n) is 3.37. The zero-order valence-corrected chi connectivity index (χ0v) is 8.99. The fraction of sp³-hybridized carbons (Fsp3) is 0.300. The van der Waals surface area contributed by atoms with Gasteiger partial charge in [-0.3, -0.25) is 4.79 Å². The van der Waals surface area contributed by atoms with Crippen molar-refractivity contribution in [1.29, 1.82) is 0 Å². The molecule has 1 heterocycles. The molecule has 2 rings (SSSR count). The highest BCUT2D eigenvalue weighted by atomic mass is 35.5. The molecule has 0 saturated carbocycles. The number of carbonyl (C=O) groups excluding carboxylic acids is 1. The van der Waals surface area contributed by atoms with Crippen LogP contribution in [0.25, 0.3) is 0 Å². The van der Waals surface area contributed by atoms with Crippen LogP contribution in [0.1, 0.15) is 0 Å². The molecule has 1 aromatic carbocycles. The van der Waals surface area contributed by atoms with Crippen LogP contribution in [-0.2, 0) is 4.79 Å². The van der Waals surface area contributed by atoms with Gasteiger partial charge in [0.2, 0.25) is 5.91 Å². The minimum Gasteiger partial charge on any atom is -0.497 e. The van der Waals surface area contributed by atoms with Crippen LogP contribution in [0.3, 0.4) is 0 Å². The van der Waals surface area contributed by atoms with E-state index >= 15 is 0 Å². The predicted octanol–water partition coefficient (Wildman–Crippen LogP) is 1.02. The van der Waals surface area contributed by atoms with E-state index < -0.39 is 6.04 Å². The summed E-state index contributed by atoms with van der Waals surface area (Å²) in [6.45, 7) is 0.506. The lowest BCUT2D eigenvalue weighted by Crippen LogP contribution is -2.61. The van der Waals surface area contributed by atoms with Crippen molar-refractivity contribution in [3.8, 4) is 5.75 Å². The molecule has 15 heavy (non-hydrogen) atoms. The number of hydrogen-bond acceptors (Lipinski definition) is 3. The molecule has 1 saturated heterocycles. The number of rotatable bonds is 2. The number of benzene rings is 1. The topological polar surface area (TPSA) is 55.6 Å². The van der Waals surface area contributed by atoms with Crippen LogP contribution >= 0.6 is 11.6 Å². The van der Waals surface area contributed by atoms with Gasteiger partial charge in [-0.1, -0.05) is 11.6 Å². The maximum atomic E-state index is 11.4.